The van der Waals surface area contributed by atoms with E-state index in [0.717, 1.165) is 50.4 Å². The lowest BCUT2D eigenvalue weighted by Crippen LogP contribution is -1.87. The second-order valence-electron chi connectivity index (χ2n) is 8.32. The van der Waals surface area contributed by atoms with E-state index in [9.17, 15) is 0 Å². The number of nitrogens with one attached hydrogen (secondary N) is 2. The number of para-hydroxylation sites is 2. The average molecular weight is 415 g/mol. The molecule has 0 saturated carbocycles. The van der Waals surface area contributed by atoms with Crippen molar-refractivity contribution in [2.24, 2.45) is 0 Å². The van der Waals surface area contributed by atoms with Crippen molar-refractivity contribution in [3.05, 3.63) is 96.1 Å². The molecule has 6 aromatic rings. The topological polar surface area (TPSA) is 57.4 Å². The van der Waals surface area contributed by atoms with Crippen molar-refractivity contribution in [3.8, 4) is 33.9 Å². The molecule has 0 saturated heterocycles. The zero-order valence-electron chi connectivity index (χ0n) is 18.0. The van der Waals surface area contributed by atoms with Crippen LogP contribution in [0.4, 0.5) is 0 Å². The summed E-state index contributed by atoms with van der Waals surface area (Å²) in [6, 6.07) is 29.5. The highest BCUT2D eigenvalue weighted by Crippen LogP contribution is 2.30. The first-order chi connectivity index (χ1) is 15.6. The molecule has 0 bridgehead atoms. The molecule has 2 aromatic heterocycles. The van der Waals surface area contributed by atoms with E-state index in [2.05, 4.69) is 90.5 Å². The molecular formula is C28H22N4. The van der Waals surface area contributed by atoms with Gasteiger partial charge in [-0.2, -0.15) is 0 Å². The van der Waals surface area contributed by atoms with Crippen LogP contribution < -0.4 is 0 Å². The average Bonchev–Trinajstić information content (AvgIpc) is 3.42. The summed E-state index contributed by atoms with van der Waals surface area (Å²) in [7, 11) is 0. The standard InChI is InChI=1S/C28H22N4/c1-17-6-5-7-21(14-17)27-29-25-13-11-20(16-26(25)32-27)19-10-12-22(18(2)15-19)28-30-23-8-3-4-9-24(23)31-28/h3-16H,1-2H3,(H,29,32)(H,30,31). The summed E-state index contributed by atoms with van der Waals surface area (Å²) in [5, 5.41) is 0. The van der Waals surface area contributed by atoms with Gasteiger partial charge >= 0.3 is 0 Å². The largest absolute Gasteiger partial charge is 0.338 e. The van der Waals surface area contributed by atoms with Crippen molar-refractivity contribution < 1.29 is 0 Å². The minimum Gasteiger partial charge on any atom is -0.338 e. The van der Waals surface area contributed by atoms with Gasteiger partial charge < -0.3 is 9.97 Å². The van der Waals surface area contributed by atoms with E-state index in [1.165, 1.54) is 16.7 Å². The lowest BCUT2D eigenvalue weighted by molar-refractivity contribution is 1.31. The first-order valence-corrected chi connectivity index (χ1v) is 10.8. The Labute approximate surface area is 186 Å². The second-order valence-corrected chi connectivity index (χ2v) is 8.32. The van der Waals surface area contributed by atoms with Crippen LogP contribution in [0.25, 0.3) is 56.0 Å². The minimum absolute atomic E-state index is 0.900. The molecule has 0 unspecified atom stereocenters. The van der Waals surface area contributed by atoms with Crippen molar-refractivity contribution >= 4 is 22.1 Å². The van der Waals surface area contributed by atoms with Crippen LogP contribution in [0.1, 0.15) is 11.1 Å². The van der Waals surface area contributed by atoms with E-state index < -0.39 is 0 Å². The second kappa shape index (κ2) is 7.20. The fourth-order valence-electron chi connectivity index (χ4n) is 4.31. The van der Waals surface area contributed by atoms with Crippen LogP contribution >= 0.6 is 0 Å². The van der Waals surface area contributed by atoms with E-state index in [1.807, 2.05) is 18.2 Å². The summed E-state index contributed by atoms with van der Waals surface area (Å²) in [5.41, 5.74) is 11.0. The molecule has 4 heteroatoms. The molecule has 0 atom stereocenters. The summed E-state index contributed by atoms with van der Waals surface area (Å²) >= 11 is 0. The van der Waals surface area contributed by atoms with E-state index in [4.69, 9.17) is 9.97 Å². The summed E-state index contributed by atoms with van der Waals surface area (Å²) < 4.78 is 0. The van der Waals surface area contributed by atoms with Gasteiger partial charge in [0.1, 0.15) is 11.6 Å². The van der Waals surface area contributed by atoms with Crippen molar-refractivity contribution in [1.29, 1.82) is 0 Å². The summed E-state index contributed by atoms with van der Waals surface area (Å²) in [6.45, 7) is 4.23. The number of H-pyrrole nitrogens is 2. The Balaban J connectivity index is 1.37. The normalized spacial score (nSPS) is 11.4. The van der Waals surface area contributed by atoms with Gasteiger partial charge in [0.2, 0.25) is 0 Å². The summed E-state index contributed by atoms with van der Waals surface area (Å²) in [6.07, 6.45) is 0. The van der Waals surface area contributed by atoms with E-state index in [1.54, 1.807) is 0 Å². The number of imidazole rings is 2. The van der Waals surface area contributed by atoms with Crippen LogP contribution in [-0.4, -0.2) is 19.9 Å². The highest BCUT2D eigenvalue weighted by atomic mass is 14.9. The lowest BCUT2D eigenvalue weighted by atomic mass is 9.99. The van der Waals surface area contributed by atoms with Gasteiger partial charge in [0.15, 0.2) is 0 Å². The first kappa shape index (κ1) is 18.6. The fourth-order valence-corrected chi connectivity index (χ4v) is 4.31. The van der Waals surface area contributed by atoms with Crippen LogP contribution in [0.2, 0.25) is 0 Å². The molecule has 4 nitrogen and oxygen atoms in total. The van der Waals surface area contributed by atoms with Crippen molar-refractivity contribution in [3.63, 3.8) is 0 Å². The molecule has 0 amide bonds. The summed E-state index contributed by atoms with van der Waals surface area (Å²) in [5.74, 6) is 1.80. The number of hydrogen-bond acceptors (Lipinski definition) is 2. The predicted molar refractivity (Wildman–Crippen MR) is 132 cm³/mol. The van der Waals surface area contributed by atoms with Gasteiger partial charge in [0.05, 0.1) is 22.1 Å². The molecule has 0 aliphatic carbocycles. The minimum atomic E-state index is 0.900. The van der Waals surface area contributed by atoms with Crippen molar-refractivity contribution in [2.75, 3.05) is 0 Å². The SMILES string of the molecule is Cc1cccc(-c2nc3ccc(-c4ccc(-c5nc6ccccc6[nH]5)c(C)c4)cc3[nH]2)c1. The highest BCUT2D eigenvalue weighted by Gasteiger charge is 2.11. The molecule has 154 valence electrons. The Bertz CT molecular complexity index is 1570. The van der Waals surface area contributed by atoms with E-state index >= 15 is 0 Å². The number of hydrogen-bond donors (Lipinski definition) is 2. The molecule has 2 heterocycles. The van der Waals surface area contributed by atoms with Gasteiger partial charge in [-0.3, -0.25) is 0 Å². The maximum absolute atomic E-state index is 4.78. The van der Waals surface area contributed by atoms with Crippen LogP contribution in [-0.2, 0) is 0 Å². The van der Waals surface area contributed by atoms with Gasteiger partial charge in [-0.1, -0.05) is 60.2 Å². The number of aromatic nitrogens is 4. The van der Waals surface area contributed by atoms with Crippen molar-refractivity contribution in [1.82, 2.24) is 19.9 Å². The quantitative estimate of drug-likeness (QED) is 0.326. The number of nitrogens with zero attached hydrogens (tertiary/aromatic N) is 2. The van der Waals surface area contributed by atoms with Gasteiger partial charge in [-0.15, -0.1) is 0 Å². The zero-order chi connectivity index (χ0) is 21.7. The third kappa shape index (κ3) is 3.17. The Morgan fingerprint density at radius 1 is 0.562 bits per heavy atom. The van der Waals surface area contributed by atoms with Crippen LogP contribution in [0.15, 0.2) is 84.9 Å². The van der Waals surface area contributed by atoms with Gasteiger partial charge in [0.25, 0.3) is 0 Å². The molecule has 0 fully saturated rings. The fraction of sp³-hybridized carbons (Fsp3) is 0.0714. The van der Waals surface area contributed by atoms with Crippen molar-refractivity contribution in [2.45, 2.75) is 13.8 Å². The maximum Gasteiger partial charge on any atom is 0.138 e. The number of aromatic amines is 2. The summed E-state index contributed by atoms with van der Waals surface area (Å²) in [4.78, 5) is 16.5. The molecule has 2 N–H and O–H groups in total. The Hall–Kier alpha value is -4.18. The number of benzene rings is 4. The molecule has 0 radical (unpaired) electrons. The molecule has 4 aromatic carbocycles. The molecule has 6 rings (SSSR count). The first-order valence-electron chi connectivity index (χ1n) is 10.8. The molecular weight excluding hydrogens is 392 g/mol. The molecule has 0 spiro atoms. The third-order valence-electron chi connectivity index (χ3n) is 5.98. The number of fused-ring (bicyclic) bond motifs is 2. The molecule has 0 aliphatic rings. The smallest absolute Gasteiger partial charge is 0.138 e. The Morgan fingerprint density at radius 2 is 1.31 bits per heavy atom. The monoisotopic (exact) mass is 414 g/mol. The number of rotatable bonds is 3. The predicted octanol–water partition coefficient (Wildman–Crippen LogP) is 7.06. The van der Waals surface area contributed by atoms with E-state index in [0.29, 0.717) is 0 Å². The zero-order valence-corrected chi connectivity index (χ0v) is 18.0. The van der Waals surface area contributed by atoms with Crippen LogP contribution in [0.3, 0.4) is 0 Å². The van der Waals surface area contributed by atoms with Gasteiger partial charge in [-0.05, 0) is 60.9 Å². The van der Waals surface area contributed by atoms with Gasteiger partial charge in [0, 0.05) is 11.1 Å². The Morgan fingerprint density at radius 3 is 2.16 bits per heavy atom. The molecule has 32 heavy (non-hydrogen) atoms. The molecule has 0 aliphatic heterocycles. The number of aryl methyl sites for hydroxylation is 2. The Kier molecular flexibility index (Phi) is 4.18. The van der Waals surface area contributed by atoms with Crippen LogP contribution in [0.5, 0.6) is 0 Å². The van der Waals surface area contributed by atoms with Gasteiger partial charge in [-0.25, -0.2) is 9.97 Å². The third-order valence-corrected chi connectivity index (χ3v) is 5.98. The highest BCUT2D eigenvalue weighted by molar-refractivity contribution is 5.86. The lowest BCUT2D eigenvalue weighted by Gasteiger charge is -2.07. The van der Waals surface area contributed by atoms with E-state index in [-0.39, 0.29) is 0 Å². The maximum atomic E-state index is 4.78. The van der Waals surface area contributed by atoms with Crippen LogP contribution in [0, 0.1) is 13.8 Å².